The summed E-state index contributed by atoms with van der Waals surface area (Å²) < 4.78 is 61.1. The summed E-state index contributed by atoms with van der Waals surface area (Å²) in [5, 5.41) is 20.6. The Hall–Kier alpha value is -4.57. The second kappa shape index (κ2) is 79.0. The van der Waals surface area contributed by atoms with Crippen molar-refractivity contribution in [2.45, 2.75) is 347 Å². The Labute approximate surface area is 638 Å². The van der Waals surface area contributed by atoms with E-state index in [1.165, 1.54) is 122 Å². The summed E-state index contributed by atoms with van der Waals surface area (Å²) in [4.78, 5) is 58.6. The van der Waals surface area contributed by atoms with Gasteiger partial charge in [-0.2, -0.15) is 0 Å². The lowest BCUT2D eigenvalue weighted by Gasteiger charge is -2.21. The fourth-order valence-corrected chi connectivity index (χ4v) is 12.5. The van der Waals surface area contributed by atoms with Crippen molar-refractivity contribution in [1.29, 1.82) is 0 Å². The number of ether oxygens (including phenoxy) is 3. The van der Waals surface area contributed by atoms with Gasteiger partial charge in [0.25, 0.3) is 0 Å². The average molecular weight is 1510 g/mol. The third-order valence-corrected chi connectivity index (χ3v) is 19.0. The highest BCUT2D eigenvalue weighted by molar-refractivity contribution is 7.47. The number of hydrogen-bond donors (Lipinski definition) is 4. The zero-order valence-corrected chi connectivity index (χ0v) is 67.6. The number of unbranched alkanes of at least 4 members (excludes halogenated alkanes) is 30. The Morgan fingerprint density at radius 2 is 0.505 bits per heavy atom. The van der Waals surface area contributed by atoms with E-state index < -0.39 is 91.5 Å². The standard InChI is InChI=1S/C87H148O16P2/c1-4-7-10-13-16-19-22-24-26-28-30-32-34-35-36-37-38-39-40-41-42-43-44-45-47-49-50-52-54-56-59-61-64-67-70-73-85(90)97-76-82(88)77-99-104(93,94)100-78-83(89)79-101-105(95,96)102-81-84(103-87(92)75-72-69-66-63-58-21-18-15-12-9-6-3)80-98-86(91)74-71-68-65-62-60-57-55-53-51-48-46-33-31-29-27-25-23-20-17-14-11-8-5-2/h7-8,10-11,16-17,19-20,24-27,30-33,35-36,38-39,48,51,55,57,82-84,88-89H,4-6,9,12-15,18,21-23,28-29,34,37,40-47,49-50,52-54,56,58-81H2,1-3H3,(H,93,94)(H,95,96)/b10-7-,11-8-,19-16-,20-17-,26-24-,27-25-,32-30-,33-31-,36-35-,39-38-,51-48-,57-55-. The summed E-state index contributed by atoms with van der Waals surface area (Å²) in [6.07, 6.45) is 97.8. The van der Waals surface area contributed by atoms with Crippen molar-refractivity contribution in [2.75, 3.05) is 39.6 Å². The molecule has 0 saturated carbocycles. The van der Waals surface area contributed by atoms with Gasteiger partial charge in [0.05, 0.1) is 26.4 Å². The predicted molar refractivity (Wildman–Crippen MR) is 436 cm³/mol. The van der Waals surface area contributed by atoms with Gasteiger partial charge in [-0.1, -0.05) is 334 Å². The van der Waals surface area contributed by atoms with Gasteiger partial charge in [0, 0.05) is 19.3 Å². The summed E-state index contributed by atoms with van der Waals surface area (Å²) in [7, 11) is -9.79. The highest BCUT2D eigenvalue weighted by atomic mass is 31.2. The first-order valence-corrected chi connectivity index (χ1v) is 44.1. The Balaban J connectivity index is 4.38. The Morgan fingerprint density at radius 3 is 0.800 bits per heavy atom. The van der Waals surface area contributed by atoms with Crippen LogP contribution < -0.4 is 0 Å². The largest absolute Gasteiger partial charge is 0.472 e. The normalized spacial score (nSPS) is 14.7. The molecular formula is C87H148O16P2. The first-order chi connectivity index (χ1) is 51.2. The van der Waals surface area contributed by atoms with Crippen LogP contribution in [0.25, 0.3) is 0 Å². The number of carbonyl (C=O) groups is 3. The van der Waals surface area contributed by atoms with Gasteiger partial charge >= 0.3 is 33.6 Å². The fraction of sp³-hybridized carbons (Fsp3) is 0.690. The smallest absolute Gasteiger partial charge is 0.463 e. The minimum absolute atomic E-state index is 0.0984. The second-order valence-corrected chi connectivity index (χ2v) is 30.1. The summed E-state index contributed by atoms with van der Waals surface area (Å²) in [5.74, 6) is -1.60. The molecule has 5 atom stereocenters. The van der Waals surface area contributed by atoms with Crippen molar-refractivity contribution in [3.05, 3.63) is 146 Å². The van der Waals surface area contributed by atoms with E-state index in [2.05, 4.69) is 167 Å². The van der Waals surface area contributed by atoms with Crippen LogP contribution in [0, 0.1) is 0 Å². The van der Waals surface area contributed by atoms with E-state index in [0.717, 1.165) is 148 Å². The van der Waals surface area contributed by atoms with Crippen molar-refractivity contribution in [3.8, 4) is 0 Å². The van der Waals surface area contributed by atoms with E-state index in [9.17, 15) is 43.5 Å². The molecule has 0 aliphatic carbocycles. The van der Waals surface area contributed by atoms with Crippen LogP contribution in [0.4, 0.5) is 0 Å². The topological polar surface area (TPSA) is 231 Å². The van der Waals surface area contributed by atoms with Gasteiger partial charge in [-0.05, 0) is 122 Å². The van der Waals surface area contributed by atoms with E-state index in [1.807, 2.05) is 0 Å². The van der Waals surface area contributed by atoms with Crippen molar-refractivity contribution >= 4 is 33.6 Å². The third kappa shape index (κ3) is 80.3. The molecule has 0 heterocycles. The summed E-state index contributed by atoms with van der Waals surface area (Å²) >= 11 is 0. The molecule has 5 unspecified atom stereocenters. The lowest BCUT2D eigenvalue weighted by Crippen LogP contribution is -2.30. The van der Waals surface area contributed by atoms with Crippen LogP contribution in [0.3, 0.4) is 0 Å². The molecule has 0 spiro atoms. The molecular weight excluding hydrogens is 1360 g/mol. The monoisotopic (exact) mass is 1510 g/mol. The molecule has 0 radical (unpaired) electrons. The quantitative estimate of drug-likeness (QED) is 0.0146. The van der Waals surface area contributed by atoms with Gasteiger partial charge in [-0.15, -0.1) is 0 Å². The van der Waals surface area contributed by atoms with Crippen LogP contribution in [0.15, 0.2) is 146 Å². The maximum Gasteiger partial charge on any atom is 0.472 e. The molecule has 4 N–H and O–H groups in total. The molecule has 18 heteroatoms. The fourth-order valence-electron chi connectivity index (χ4n) is 10.9. The van der Waals surface area contributed by atoms with Crippen molar-refractivity contribution < 1.29 is 75.8 Å². The summed E-state index contributed by atoms with van der Waals surface area (Å²) in [5.41, 5.74) is 0. The number of phosphoric acid groups is 2. The SMILES string of the molecule is CC/C=C\C/C=C\C/C=C\C/C=C\C/C=C\C/C=C\CCCCCCCCCCCCCCCCCCC(=O)OCC(O)COP(=O)(O)OCC(O)COP(=O)(O)OCC(COC(=O)CCCCCC/C=C\C/C=C\C/C=C\C/C=C\C/C=C\C/C=C\CC)OC(=O)CCCCCCCCCCCCC. The third-order valence-electron chi connectivity index (χ3n) is 17.1. The molecule has 602 valence electrons. The number of allylic oxidation sites excluding steroid dienone is 24. The molecule has 0 aromatic rings. The van der Waals surface area contributed by atoms with E-state index in [1.54, 1.807) is 0 Å². The zero-order valence-electron chi connectivity index (χ0n) is 65.9. The number of aliphatic hydroxyl groups is 2. The lowest BCUT2D eigenvalue weighted by molar-refractivity contribution is -0.161. The van der Waals surface area contributed by atoms with E-state index in [4.69, 9.17) is 32.3 Å². The first kappa shape index (κ1) is 100. The molecule has 0 fully saturated rings. The average Bonchev–Trinajstić information content (AvgIpc) is 0.918. The molecule has 0 aliphatic rings. The Bertz CT molecular complexity index is 2490. The highest BCUT2D eigenvalue weighted by Crippen LogP contribution is 2.45. The van der Waals surface area contributed by atoms with E-state index in [0.29, 0.717) is 19.3 Å². The Morgan fingerprint density at radius 1 is 0.276 bits per heavy atom. The number of aliphatic hydroxyl groups excluding tert-OH is 2. The number of carbonyl (C=O) groups excluding carboxylic acids is 3. The molecule has 0 saturated heterocycles. The molecule has 0 rings (SSSR count). The van der Waals surface area contributed by atoms with Crippen molar-refractivity contribution in [3.63, 3.8) is 0 Å². The van der Waals surface area contributed by atoms with Crippen LogP contribution >= 0.6 is 15.6 Å². The highest BCUT2D eigenvalue weighted by Gasteiger charge is 2.29. The van der Waals surface area contributed by atoms with Crippen molar-refractivity contribution in [1.82, 2.24) is 0 Å². The number of esters is 3. The van der Waals surface area contributed by atoms with Gasteiger partial charge in [-0.3, -0.25) is 32.5 Å². The maximum absolute atomic E-state index is 12.9. The lowest BCUT2D eigenvalue weighted by atomic mass is 10.0. The second-order valence-electron chi connectivity index (χ2n) is 27.2. The van der Waals surface area contributed by atoms with E-state index in [-0.39, 0.29) is 19.3 Å². The Kier molecular flexibility index (Phi) is 75.6. The number of rotatable bonds is 77. The van der Waals surface area contributed by atoms with Gasteiger partial charge in [0.1, 0.15) is 25.4 Å². The number of phosphoric ester groups is 2. The maximum atomic E-state index is 12.9. The van der Waals surface area contributed by atoms with Crippen LogP contribution in [-0.4, -0.2) is 95.9 Å². The molecule has 105 heavy (non-hydrogen) atoms. The summed E-state index contributed by atoms with van der Waals surface area (Å²) in [6, 6.07) is 0. The van der Waals surface area contributed by atoms with Gasteiger partial charge < -0.3 is 34.2 Å². The minimum atomic E-state index is -4.93. The van der Waals surface area contributed by atoms with Crippen LogP contribution in [-0.2, 0) is 55.8 Å². The van der Waals surface area contributed by atoms with Crippen LogP contribution in [0.5, 0.6) is 0 Å². The van der Waals surface area contributed by atoms with Crippen molar-refractivity contribution in [2.24, 2.45) is 0 Å². The molecule has 0 amide bonds. The zero-order chi connectivity index (χ0) is 76.6. The molecule has 0 bridgehead atoms. The van der Waals surface area contributed by atoms with E-state index >= 15 is 0 Å². The molecule has 16 nitrogen and oxygen atoms in total. The van der Waals surface area contributed by atoms with Gasteiger partial charge in [-0.25, -0.2) is 9.13 Å². The van der Waals surface area contributed by atoms with Crippen LogP contribution in [0.2, 0.25) is 0 Å². The predicted octanol–water partition coefficient (Wildman–Crippen LogP) is 24.4. The summed E-state index contributed by atoms with van der Waals surface area (Å²) in [6.45, 7) is 2.43. The molecule has 0 aliphatic heterocycles. The molecule has 0 aromatic carbocycles. The van der Waals surface area contributed by atoms with Crippen LogP contribution in [0.1, 0.15) is 329 Å². The van der Waals surface area contributed by atoms with Gasteiger partial charge in [0.2, 0.25) is 0 Å². The minimum Gasteiger partial charge on any atom is -0.463 e. The molecule has 0 aromatic heterocycles. The first-order valence-electron chi connectivity index (χ1n) is 41.1. The number of hydrogen-bond acceptors (Lipinski definition) is 14. The van der Waals surface area contributed by atoms with Gasteiger partial charge in [0.15, 0.2) is 6.10 Å².